The minimum atomic E-state index is 0.128. The summed E-state index contributed by atoms with van der Waals surface area (Å²) in [5, 5.41) is 16.7. The van der Waals surface area contributed by atoms with E-state index < -0.39 is 0 Å². The van der Waals surface area contributed by atoms with Gasteiger partial charge in [-0.1, -0.05) is 6.92 Å². The Morgan fingerprint density at radius 1 is 1.50 bits per heavy atom. The van der Waals surface area contributed by atoms with Crippen molar-refractivity contribution >= 4 is 5.69 Å². The maximum atomic E-state index is 8.87. The molecular weight excluding hydrogens is 228 g/mol. The summed E-state index contributed by atoms with van der Waals surface area (Å²) in [6.45, 7) is 6.38. The number of anilines is 1. The minimum absolute atomic E-state index is 0.128. The molecule has 2 heterocycles. The van der Waals surface area contributed by atoms with Crippen LogP contribution >= 0.6 is 0 Å². The molecule has 1 aliphatic rings. The van der Waals surface area contributed by atoms with Crippen LogP contribution in [0, 0.1) is 5.92 Å². The largest absolute Gasteiger partial charge is 0.394 e. The van der Waals surface area contributed by atoms with Gasteiger partial charge in [-0.2, -0.15) is 5.10 Å². The maximum Gasteiger partial charge on any atom is 0.0728 e. The predicted octanol–water partition coefficient (Wildman–Crippen LogP) is 1.02. The predicted molar refractivity (Wildman–Crippen MR) is 72.6 cm³/mol. The first-order valence-corrected chi connectivity index (χ1v) is 6.70. The highest BCUT2D eigenvalue weighted by atomic mass is 16.3. The third-order valence-corrected chi connectivity index (χ3v) is 3.92. The molecule has 102 valence electrons. The molecule has 1 aromatic rings. The second-order valence-corrected chi connectivity index (χ2v) is 5.47. The van der Waals surface area contributed by atoms with Crippen LogP contribution in [0.15, 0.2) is 12.4 Å². The third-order valence-electron chi connectivity index (χ3n) is 3.92. The van der Waals surface area contributed by atoms with Crippen LogP contribution in [0.2, 0.25) is 0 Å². The second kappa shape index (κ2) is 5.71. The number of aromatic nitrogens is 2. The summed E-state index contributed by atoms with van der Waals surface area (Å²) >= 11 is 0. The van der Waals surface area contributed by atoms with Gasteiger partial charge >= 0.3 is 0 Å². The fourth-order valence-electron chi connectivity index (χ4n) is 2.62. The first kappa shape index (κ1) is 13.4. The first-order chi connectivity index (χ1) is 8.60. The van der Waals surface area contributed by atoms with Crippen LogP contribution in [-0.2, 0) is 6.54 Å². The van der Waals surface area contributed by atoms with Crippen LogP contribution in [0.4, 0.5) is 5.69 Å². The van der Waals surface area contributed by atoms with Gasteiger partial charge in [0.1, 0.15) is 0 Å². The van der Waals surface area contributed by atoms with Crippen molar-refractivity contribution in [2.24, 2.45) is 5.92 Å². The van der Waals surface area contributed by atoms with Gasteiger partial charge in [0.25, 0.3) is 0 Å². The van der Waals surface area contributed by atoms with Crippen molar-refractivity contribution in [2.45, 2.75) is 38.9 Å². The molecule has 1 aliphatic heterocycles. The summed E-state index contributed by atoms with van der Waals surface area (Å²) in [7, 11) is 2.19. The fourth-order valence-corrected chi connectivity index (χ4v) is 2.62. The zero-order chi connectivity index (χ0) is 13.1. The lowest BCUT2D eigenvalue weighted by atomic mass is 9.90. The first-order valence-electron chi connectivity index (χ1n) is 6.70. The number of hydrogen-bond acceptors (Lipinski definition) is 4. The zero-order valence-electron chi connectivity index (χ0n) is 11.5. The number of nitrogens with one attached hydrogen (secondary N) is 1. The monoisotopic (exact) mass is 252 g/mol. The molecule has 2 rings (SSSR count). The molecule has 5 nitrogen and oxygen atoms in total. The number of aliphatic hydroxyl groups excluding tert-OH is 1. The van der Waals surface area contributed by atoms with Gasteiger partial charge in [0, 0.05) is 24.8 Å². The van der Waals surface area contributed by atoms with Crippen LogP contribution in [0.1, 0.15) is 20.3 Å². The summed E-state index contributed by atoms with van der Waals surface area (Å²) in [6.07, 6.45) is 4.96. The Kier molecular flexibility index (Phi) is 4.24. The average molecular weight is 252 g/mol. The van der Waals surface area contributed by atoms with Gasteiger partial charge in [-0.3, -0.25) is 4.68 Å². The highest BCUT2D eigenvalue weighted by Crippen LogP contribution is 2.23. The average Bonchev–Trinajstić information content (AvgIpc) is 2.74. The van der Waals surface area contributed by atoms with Gasteiger partial charge in [-0.05, 0) is 26.3 Å². The summed E-state index contributed by atoms with van der Waals surface area (Å²) < 4.78 is 1.77. The lowest BCUT2D eigenvalue weighted by Gasteiger charge is -2.40. The van der Waals surface area contributed by atoms with Gasteiger partial charge in [0.2, 0.25) is 0 Å². The maximum absolute atomic E-state index is 8.87. The summed E-state index contributed by atoms with van der Waals surface area (Å²) in [5.74, 6) is 0.632. The molecule has 1 fully saturated rings. The lowest BCUT2D eigenvalue weighted by Crippen LogP contribution is -2.48. The highest BCUT2D eigenvalue weighted by molar-refractivity contribution is 5.39. The van der Waals surface area contributed by atoms with E-state index in [2.05, 4.69) is 36.2 Å². The molecule has 0 saturated carbocycles. The smallest absolute Gasteiger partial charge is 0.0728 e. The van der Waals surface area contributed by atoms with Crippen LogP contribution in [0.5, 0.6) is 0 Å². The van der Waals surface area contributed by atoms with E-state index in [4.69, 9.17) is 5.11 Å². The Morgan fingerprint density at radius 3 is 3.00 bits per heavy atom. The number of hydrogen-bond donors (Lipinski definition) is 2. The standard InChI is InChI=1S/C13H24N4O/c1-10-8-16(3)11(2)6-13(10)15-12-7-14-17(9-12)4-5-18/h7,9-11,13,15,18H,4-6,8H2,1-3H3. The second-order valence-electron chi connectivity index (χ2n) is 5.47. The molecule has 1 aromatic heterocycles. The van der Waals surface area contributed by atoms with Gasteiger partial charge in [0.15, 0.2) is 0 Å². The Bertz CT molecular complexity index is 379. The molecule has 0 bridgehead atoms. The molecule has 1 saturated heterocycles. The van der Waals surface area contributed by atoms with Crippen molar-refractivity contribution in [1.29, 1.82) is 0 Å². The van der Waals surface area contributed by atoms with Crippen molar-refractivity contribution in [3.8, 4) is 0 Å². The molecule has 3 atom stereocenters. The molecule has 0 spiro atoms. The van der Waals surface area contributed by atoms with Crippen LogP contribution in [0.25, 0.3) is 0 Å². The molecule has 3 unspecified atom stereocenters. The van der Waals surface area contributed by atoms with Gasteiger partial charge in [0.05, 0.1) is 25.0 Å². The van der Waals surface area contributed by atoms with Crippen LogP contribution in [-0.4, -0.2) is 52.1 Å². The topological polar surface area (TPSA) is 53.3 Å². The number of likely N-dealkylation sites (tertiary alicyclic amines) is 1. The van der Waals surface area contributed by atoms with Gasteiger partial charge in [-0.15, -0.1) is 0 Å². The van der Waals surface area contributed by atoms with E-state index in [0.29, 0.717) is 24.5 Å². The van der Waals surface area contributed by atoms with Crippen LogP contribution in [0.3, 0.4) is 0 Å². The summed E-state index contributed by atoms with van der Waals surface area (Å²) in [6, 6.07) is 1.12. The van der Waals surface area contributed by atoms with Crippen molar-refractivity contribution < 1.29 is 5.11 Å². The normalized spacial score (nSPS) is 29.4. The third kappa shape index (κ3) is 3.03. The Hall–Kier alpha value is -1.07. The SMILES string of the molecule is CC1CN(C)C(C)CC1Nc1cnn(CCO)c1. The molecule has 0 aliphatic carbocycles. The highest BCUT2D eigenvalue weighted by Gasteiger charge is 2.28. The number of nitrogens with zero attached hydrogens (tertiary/aromatic N) is 3. The quantitative estimate of drug-likeness (QED) is 0.840. The molecule has 0 aromatic carbocycles. The fraction of sp³-hybridized carbons (Fsp3) is 0.769. The number of rotatable bonds is 4. The molecular formula is C13H24N4O. The minimum Gasteiger partial charge on any atom is -0.394 e. The van der Waals surface area contributed by atoms with Gasteiger partial charge < -0.3 is 15.3 Å². The van der Waals surface area contributed by atoms with Crippen LogP contribution < -0.4 is 5.32 Å². The van der Waals surface area contributed by atoms with E-state index >= 15 is 0 Å². The Balaban J connectivity index is 1.95. The van der Waals surface area contributed by atoms with Crippen molar-refractivity contribution in [3.63, 3.8) is 0 Å². The lowest BCUT2D eigenvalue weighted by molar-refractivity contribution is 0.145. The van der Waals surface area contributed by atoms with E-state index in [-0.39, 0.29) is 6.61 Å². The van der Waals surface area contributed by atoms with E-state index in [1.165, 1.54) is 0 Å². The molecule has 0 radical (unpaired) electrons. The molecule has 0 amide bonds. The summed E-state index contributed by atoms with van der Waals surface area (Å²) in [4.78, 5) is 2.41. The van der Waals surface area contributed by atoms with E-state index in [0.717, 1.165) is 18.7 Å². The summed E-state index contributed by atoms with van der Waals surface area (Å²) in [5.41, 5.74) is 1.05. The number of aliphatic hydroxyl groups is 1. The van der Waals surface area contributed by atoms with E-state index in [9.17, 15) is 0 Å². The van der Waals surface area contributed by atoms with Gasteiger partial charge in [-0.25, -0.2) is 0 Å². The Morgan fingerprint density at radius 2 is 2.28 bits per heavy atom. The van der Waals surface area contributed by atoms with E-state index in [1.807, 2.05) is 12.4 Å². The number of piperidine rings is 1. The molecule has 18 heavy (non-hydrogen) atoms. The van der Waals surface area contributed by atoms with Crippen molar-refractivity contribution in [1.82, 2.24) is 14.7 Å². The van der Waals surface area contributed by atoms with Crippen molar-refractivity contribution in [2.75, 3.05) is 25.5 Å². The zero-order valence-corrected chi connectivity index (χ0v) is 11.5. The van der Waals surface area contributed by atoms with Crippen molar-refractivity contribution in [3.05, 3.63) is 12.4 Å². The molecule has 5 heteroatoms. The molecule has 2 N–H and O–H groups in total. The van der Waals surface area contributed by atoms with E-state index in [1.54, 1.807) is 4.68 Å². The Labute approximate surface area is 109 Å².